The van der Waals surface area contributed by atoms with Crippen LogP contribution < -0.4 is 15.4 Å². The highest BCUT2D eigenvalue weighted by atomic mass is 16.5. The summed E-state index contributed by atoms with van der Waals surface area (Å²) in [5.74, 6) is 1.41. The van der Waals surface area contributed by atoms with Gasteiger partial charge in [-0.15, -0.1) is 5.10 Å². The van der Waals surface area contributed by atoms with E-state index in [-0.39, 0.29) is 24.3 Å². The molecular weight excluding hydrogens is 360 g/mol. The summed E-state index contributed by atoms with van der Waals surface area (Å²) < 4.78 is 7.05. The van der Waals surface area contributed by atoms with Crippen LogP contribution in [0.2, 0.25) is 0 Å². The van der Waals surface area contributed by atoms with E-state index in [4.69, 9.17) is 4.74 Å². The molecule has 9 heteroatoms. The van der Waals surface area contributed by atoms with Crippen molar-refractivity contribution in [1.82, 2.24) is 19.9 Å². The van der Waals surface area contributed by atoms with Crippen molar-refractivity contribution in [2.75, 3.05) is 24.7 Å². The van der Waals surface area contributed by atoms with Gasteiger partial charge in [-0.05, 0) is 36.4 Å². The number of ether oxygens (including phenoxy) is 1. The highest BCUT2D eigenvalue weighted by Gasteiger charge is 2.10. The van der Waals surface area contributed by atoms with E-state index in [2.05, 4.69) is 20.9 Å². The summed E-state index contributed by atoms with van der Waals surface area (Å²) in [6.07, 6.45) is 1.48. The van der Waals surface area contributed by atoms with Crippen LogP contribution in [0.5, 0.6) is 11.5 Å². The van der Waals surface area contributed by atoms with Gasteiger partial charge in [-0.2, -0.15) is 0 Å². The Labute approximate surface area is 161 Å². The van der Waals surface area contributed by atoms with Gasteiger partial charge < -0.3 is 15.0 Å². The summed E-state index contributed by atoms with van der Waals surface area (Å²) in [5, 5.41) is 13.0. The molecule has 0 fully saturated rings. The van der Waals surface area contributed by atoms with Gasteiger partial charge in [0.15, 0.2) is 5.82 Å². The van der Waals surface area contributed by atoms with Crippen LogP contribution in [0.4, 0.5) is 16.3 Å². The molecule has 2 N–H and O–H groups in total. The number of nitrogens with one attached hydrogen (secondary N) is 2. The summed E-state index contributed by atoms with van der Waals surface area (Å²) in [5.41, 5.74) is 0.631. The summed E-state index contributed by atoms with van der Waals surface area (Å²) in [6, 6.07) is 16.2. The van der Waals surface area contributed by atoms with E-state index >= 15 is 0 Å². The lowest BCUT2D eigenvalue weighted by atomic mass is 10.3. The maximum absolute atomic E-state index is 12.2. The SMILES string of the molecule is CN(C)C(=O)Nc1cn(CC(=O)Nc2ccc(Oc3ccccc3)cc2)nn1. The number of benzene rings is 2. The standard InChI is InChI=1S/C19H20N6O3/c1-24(2)19(27)21-17-12-25(23-22-17)13-18(26)20-14-8-10-16(11-9-14)28-15-6-4-3-5-7-15/h3-12H,13H2,1-2H3,(H,20,26)(H,21,27). The quantitative estimate of drug-likeness (QED) is 0.685. The average Bonchev–Trinajstić information content (AvgIpc) is 3.10. The first kappa shape index (κ1) is 18.9. The number of amides is 3. The molecule has 1 aromatic heterocycles. The maximum atomic E-state index is 12.2. The maximum Gasteiger partial charge on any atom is 0.322 e. The Morgan fingerprint density at radius 2 is 1.68 bits per heavy atom. The van der Waals surface area contributed by atoms with Crippen LogP contribution in [0.3, 0.4) is 0 Å². The normalized spacial score (nSPS) is 10.2. The monoisotopic (exact) mass is 380 g/mol. The van der Waals surface area contributed by atoms with E-state index in [1.807, 2.05) is 30.3 Å². The molecule has 3 amide bonds. The zero-order chi connectivity index (χ0) is 19.9. The molecule has 9 nitrogen and oxygen atoms in total. The summed E-state index contributed by atoms with van der Waals surface area (Å²) in [6.45, 7) is -0.0346. The van der Waals surface area contributed by atoms with Crippen molar-refractivity contribution in [2.45, 2.75) is 6.54 Å². The largest absolute Gasteiger partial charge is 0.457 e. The average molecular weight is 380 g/mol. The lowest BCUT2D eigenvalue weighted by Crippen LogP contribution is -2.27. The van der Waals surface area contributed by atoms with Crippen molar-refractivity contribution >= 4 is 23.4 Å². The van der Waals surface area contributed by atoms with Crippen LogP contribution in [-0.4, -0.2) is 45.9 Å². The third-order valence-electron chi connectivity index (χ3n) is 3.60. The minimum absolute atomic E-state index is 0.0346. The van der Waals surface area contributed by atoms with Crippen LogP contribution in [0.1, 0.15) is 0 Å². The number of nitrogens with zero attached hydrogens (tertiary/aromatic N) is 4. The number of para-hydroxylation sites is 1. The Balaban J connectivity index is 1.52. The molecule has 144 valence electrons. The highest BCUT2D eigenvalue weighted by Crippen LogP contribution is 2.22. The Morgan fingerprint density at radius 1 is 1.00 bits per heavy atom. The van der Waals surface area contributed by atoms with E-state index in [1.165, 1.54) is 15.8 Å². The van der Waals surface area contributed by atoms with Crippen LogP contribution in [0.15, 0.2) is 60.8 Å². The molecule has 1 heterocycles. The fourth-order valence-electron chi connectivity index (χ4n) is 2.23. The van der Waals surface area contributed by atoms with Gasteiger partial charge in [-0.1, -0.05) is 23.4 Å². The fourth-order valence-corrected chi connectivity index (χ4v) is 2.23. The third kappa shape index (κ3) is 5.31. The lowest BCUT2D eigenvalue weighted by molar-refractivity contribution is -0.116. The molecular formula is C19H20N6O3. The van der Waals surface area contributed by atoms with Gasteiger partial charge in [-0.25, -0.2) is 9.48 Å². The molecule has 28 heavy (non-hydrogen) atoms. The number of carbonyl (C=O) groups excluding carboxylic acids is 2. The van der Waals surface area contributed by atoms with Crippen molar-refractivity contribution in [2.24, 2.45) is 0 Å². The zero-order valence-corrected chi connectivity index (χ0v) is 15.5. The first-order valence-electron chi connectivity index (χ1n) is 8.51. The van der Waals surface area contributed by atoms with Crippen molar-refractivity contribution in [1.29, 1.82) is 0 Å². The molecule has 3 rings (SSSR count). The second-order valence-electron chi connectivity index (χ2n) is 6.11. The van der Waals surface area contributed by atoms with Crippen molar-refractivity contribution in [3.05, 3.63) is 60.8 Å². The van der Waals surface area contributed by atoms with Gasteiger partial charge in [0.05, 0.1) is 6.20 Å². The first-order chi connectivity index (χ1) is 13.5. The van der Waals surface area contributed by atoms with Crippen LogP contribution in [0.25, 0.3) is 0 Å². The van der Waals surface area contributed by atoms with Crippen molar-refractivity contribution in [3.8, 4) is 11.5 Å². The fraction of sp³-hybridized carbons (Fsp3) is 0.158. The summed E-state index contributed by atoms with van der Waals surface area (Å²) in [7, 11) is 3.23. The van der Waals surface area contributed by atoms with Crippen molar-refractivity contribution < 1.29 is 14.3 Å². The van der Waals surface area contributed by atoms with Gasteiger partial charge in [-0.3, -0.25) is 10.1 Å². The summed E-state index contributed by atoms with van der Waals surface area (Å²) >= 11 is 0. The summed E-state index contributed by atoms with van der Waals surface area (Å²) in [4.78, 5) is 25.1. The first-order valence-corrected chi connectivity index (χ1v) is 8.51. The van der Waals surface area contributed by atoms with E-state index < -0.39 is 0 Å². The minimum atomic E-state index is -0.325. The van der Waals surface area contributed by atoms with E-state index in [0.29, 0.717) is 11.4 Å². The molecule has 0 unspecified atom stereocenters. The molecule has 3 aromatic rings. The molecule has 0 spiro atoms. The molecule has 0 atom stereocenters. The van der Waals surface area contributed by atoms with Gasteiger partial charge in [0.2, 0.25) is 5.91 Å². The van der Waals surface area contributed by atoms with Gasteiger partial charge in [0.25, 0.3) is 0 Å². The van der Waals surface area contributed by atoms with E-state index in [9.17, 15) is 9.59 Å². The minimum Gasteiger partial charge on any atom is -0.457 e. The molecule has 0 saturated carbocycles. The Morgan fingerprint density at radius 3 is 2.36 bits per heavy atom. The van der Waals surface area contributed by atoms with Crippen LogP contribution in [0, 0.1) is 0 Å². The van der Waals surface area contributed by atoms with Gasteiger partial charge in [0.1, 0.15) is 18.0 Å². The number of rotatable bonds is 6. The number of hydrogen-bond donors (Lipinski definition) is 2. The van der Waals surface area contributed by atoms with Crippen LogP contribution >= 0.6 is 0 Å². The number of carbonyl (C=O) groups is 2. The number of urea groups is 1. The number of aromatic nitrogens is 3. The Hall–Kier alpha value is -3.88. The molecule has 0 radical (unpaired) electrons. The van der Waals surface area contributed by atoms with Crippen LogP contribution in [-0.2, 0) is 11.3 Å². The van der Waals surface area contributed by atoms with Gasteiger partial charge in [0, 0.05) is 19.8 Å². The molecule has 2 aromatic carbocycles. The number of hydrogen-bond acceptors (Lipinski definition) is 5. The molecule has 0 aliphatic heterocycles. The predicted octanol–water partition coefficient (Wildman–Crippen LogP) is 2.80. The van der Waals surface area contributed by atoms with E-state index in [1.54, 1.807) is 38.4 Å². The van der Waals surface area contributed by atoms with Gasteiger partial charge >= 0.3 is 6.03 Å². The molecule has 0 saturated heterocycles. The topological polar surface area (TPSA) is 101 Å². The Bertz CT molecular complexity index is 938. The predicted molar refractivity (Wildman–Crippen MR) is 104 cm³/mol. The number of anilines is 2. The third-order valence-corrected chi connectivity index (χ3v) is 3.60. The molecule has 0 aliphatic rings. The lowest BCUT2D eigenvalue weighted by Gasteiger charge is -2.09. The highest BCUT2D eigenvalue weighted by molar-refractivity contribution is 5.90. The second-order valence-corrected chi connectivity index (χ2v) is 6.11. The smallest absolute Gasteiger partial charge is 0.322 e. The second kappa shape index (κ2) is 8.67. The van der Waals surface area contributed by atoms with Crippen molar-refractivity contribution in [3.63, 3.8) is 0 Å². The zero-order valence-electron chi connectivity index (χ0n) is 15.5. The Kier molecular flexibility index (Phi) is 5.85. The van der Waals surface area contributed by atoms with E-state index in [0.717, 1.165) is 5.75 Å². The molecule has 0 aliphatic carbocycles. The molecule has 0 bridgehead atoms.